The molecule has 1 heterocycles. The summed E-state index contributed by atoms with van der Waals surface area (Å²) in [5.74, 6) is 0. The maximum Gasteiger partial charge on any atom is 0.0710 e. The molecule has 1 spiro atoms. The number of ether oxygens (including phenoxy) is 1. The molecule has 3 rings (SSSR count). The summed E-state index contributed by atoms with van der Waals surface area (Å²) in [6, 6.07) is 0. The molecule has 1 saturated heterocycles. The van der Waals surface area contributed by atoms with Gasteiger partial charge in [0.15, 0.2) is 0 Å². The van der Waals surface area contributed by atoms with Crippen LogP contribution < -0.4 is 5.73 Å². The molecule has 3 fully saturated rings. The van der Waals surface area contributed by atoms with Crippen LogP contribution in [0.1, 0.15) is 77.6 Å². The molecule has 0 aromatic carbocycles. The van der Waals surface area contributed by atoms with Crippen LogP contribution in [0.4, 0.5) is 0 Å². The van der Waals surface area contributed by atoms with Gasteiger partial charge in [0.05, 0.1) is 11.7 Å². The minimum absolute atomic E-state index is 0.266. The van der Waals surface area contributed by atoms with Crippen molar-refractivity contribution in [1.82, 2.24) is 4.90 Å². The van der Waals surface area contributed by atoms with Gasteiger partial charge >= 0.3 is 0 Å². The van der Waals surface area contributed by atoms with Crippen molar-refractivity contribution in [2.24, 2.45) is 5.73 Å². The van der Waals surface area contributed by atoms with Gasteiger partial charge in [0.2, 0.25) is 0 Å². The van der Waals surface area contributed by atoms with Crippen LogP contribution in [0.15, 0.2) is 0 Å². The summed E-state index contributed by atoms with van der Waals surface area (Å²) in [5.41, 5.74) is 6.76. The van der Waals surface area contributed by atoms with E-state index in [1.807, 2.05) is 0 Å². The van der Waals surface area contributed by atoms with Crippen molar-refractivity contribution in [3.05, 3.63) is 0 Å². The molecule has 1 unspecified atom stereocenters. The SMILES string of the molecule is CCN(CC1CCC2(CCCC2)O1)C1(CN)CCCCC1. The Morgan fingerprint density at radius 3 is 2.29 bits per heavy atom. The van der Waals surface area contributed by atoms with Crippen molar-refractivity contribution in [3.63, 3.8) is 0 Å². The molecular weight excluding hydrogens is 260 g/mol. The van der Waals surface area contributed by atoms with Gasteiger partial charge in [0, 0.05) is 18.6 Å². The highest BCUT2D eigenvalue weighted by Gasteiger charge is 2.44. The van der Waals surface area contributed by atoms with E-state index in [1.165, 1.54) is 70.6 Å². The fraction of sp³-hybridized carbons (Fsp3) is 1.00. The third kappa shape index (κ3) is 3.16. The van der Waals surface area contributed by atoms with Crippen LogP contribution in [0, 0.1) is 0 Å². The van der Waals surface area contributed by atoms with E-state index in [9.17, 15) is 0 Å². The van der Waals surface area contributed by atoms with Gasteiger partial charge in [0.25, 0.3) is 0 Å². The summed E-state index contributed by atoms with van der Waals surface area (Å²) in [4.78, 5) is 2.67. The van der Waals surface area contributed by atoms with Crippen LogP contribution in [-0.2, 0) is 4.74 Å². The molecular formula is C18H34N2O. The normalized spacial score (nSPS) is 31.3. The molecule has 0 aromatic rings. The number of rotatable bonds is 5. The molecule has 0 bridgehead atoms. The molecule has 21 heavy (non-hydrogen) atoms. The zero-order valence-corrected chi connectivity index (χ0v) is 13.9. The Balaban J connectivity index is 1.61. The average molecular weight is 294 g/mol. The molecule has 122 valence electrons. The van der Waals surface area contributed by atoms with Crippen LogP contribution in [0.25, 0.3) is 0 Å². The van der Waals surface area contributed by atoms with Gasteiger partial charge in [-0.1, -0.05) is 39.0 Å². The molecule has 1 atom stereocenters. The molecule has 3 aliphatic rings. The molecule has 2 saturated carbocycles. The Morgan fingerprint density at radius 1 is 1.00 bits per heavy atom. The van der Waals surface area contributed by atoms with Crippen molar-refractivity contribution < 1.29 is 4.74 Å². The van der Waals surface area contributed by atoms with Crippen molar-refractivity contribution >= 4 is 0 Å². The van der Waals surface area contributed by atoms with Gasteiger partial charge in [-0.15, -0.1) is 0 Å². The highest BCUT2D eigenvalue weighted by atomic mass is 16.5. The predicted molar refractivity (Wildman–Crippen MR) is 87.4 cm³/mol. The van der Waals surface area contributed by atoms with Crippen molar-refractivity contribution in [3.8, 4) is 0 Å². The smallest absolute Gasteiger partial charge is 0.0710 e. The van der Waals surface area contributed by atoms with Crippen LogP contribution in [0.5, 0.6) is 0 Å². The van der Waals surface area contributed by atoms with E-state index in [0.717, 1.165) is 19.6 Å². The summed E-state index contributed by atoms with van der Waals surface area (Å²) < 4.78 is 6.54. The quantitative estimate of drug-likeness (QED) is 0.844. The van der Waals surface area contributed by atoms with Gasteiger partial charge in [0.1, 0.15) is 0 Å². The summed E-state index contributed by atoms with van der Waals surface area (Å²) in [6.07, 6.45) is 15.0. The average Bonchev–Trinajstić information content (AvgIpc) is 3.16. The molecule has 3 heteroatoms. The van der Waals surface area contributed by atoms with Gasteiger partial charge in [-0.25, -0.2) is 0 Å². The summed E-state index contributed by atoms with van der Waals surface area (Å²) >= 11 is 0. The fourth-order valence-corrected chi connectivity index (χ4v) is 5.17. The first-order chi connectivity index (χ1) is 10.2. The van der Waals surface area contributed by atoms with Gasteiger partial charge in [-0.3, -0.25) is 4.90 Å². The van der Waals surface area contributed by atoms with Crippen molar-refractivity contribution in [2.45, 2.75) is 94.8 Å². The molecule has 1 aliphatic heterocycles. The lowest BCUT2D eigenvalue weighted by molar-refractivity contribution is -0.0634. The first-order valence-electron chi connectivity index (χ1n) is 9.35. The Morgan fingerprint density at radius 2 is 1.67 bits per heavy atom. The van der Waals surface area contributed by atoms with E-state index in [0.29, 0.717) is 6.10 Å². The molecule has 3 nitrogen and oxygen atoms in total. The highest BCUT2D eigenvalue weighted by Crippen LogP contribution is 2.44. The largest absolute Gasteiger partial charge is 0.370 e. The Labute approximate surface area is 130 Å². The zero-order chi connectivity index (χ0) is 14.8. The standard InChI is InChI=1S/C18H34N2O/c1-2-20(17(15-19)9-4-3-5-10-17)14-16-8-13-18(21-16)11-6-7-12-18/h16H,2-15,19H2,1H3. The van der Waals surface area contributed by atoms with Gasteiger partial charge in [-0.2, -0.15) is 0 Å². The molecule has 0 aromatic heterocycles. The van der Waals surface area contributed by atoms with Crippen LogP contribution in [-0.4, -0.2) is 41.8 Å². The lowest BCUT2D eigenvalue weighted by Crippen LogP contribution is -2.56. The summed E-state index contributed by atoms with van der Waals surface area (Å²) in [5, 5.41) is 0. The summed E-state index contributed by atoms with van der Waals surface area (Å²) in [7, 11) is 0. The number of nitrogens with two attached hydrogens (primary N) is 1. The third-order valence-electron chi connectivity index (χ3n) is 6.49. The monoisotopic (exact) mass is 294 g/mol. The van der Waals surface area contributed by atoms with Gasteiger partial charge < -0.3 is 10.5 Å². The second-order valence-electron chi connectivity index (χ2n) is 7.70. The number of nitrogens with zero attached hydrogens (tertiary/aromatic N) is 1. The first kappa shape index (κ1) is 15.8. The maximum absolute atomic E-state index is 6.54. The molecule has 0 radical (unpaired) electrons. The van der Waals surface area contributed by atoms with E-state index < -0.39 is 0 Å². The Bertz CT molecular complexity index is 332. The van der Waals surface area contributed by atoms with Crippen LogP contribution in [0.2, 0.25) is 0 Å². The Kier molecular flexibility index (Phi) is 4.92. The lowest BCUT2D eigenvalue weighted by atomic mass is 9.80. The van der Waals surface area contributed by atoms with E-state index in [-0.39, 0.29) is 11.1 Å². The predicted octanol–water partition coefficient (Wildman–Crippen LogP) is 3.46. The fourth-order valence-electron chi connectivity index (χ4n) is 5.17. The van der Waals surface area contributed by atoms with E-state index in [4.69, 9.17) is 10.5 Å². The van der Waals surface area contributed by atoms with E-state index >= 15 is 0 Å². The molecule has 2 aliphatic carbocycles. The lowest BCUT2D eigenvalue weighted by Gasteiger charge is -2.46. The topological polar surface area (TPSA) is 38.5 Å². The van der Waals surface area contributed by atoms with Gasteiger partial charge in [-0.05, 0) is 45.1 Å². The van der Waals surface area contributed by atoms with Crippen molar-refractivity contribution in [2.75, 3.05) is 19.6 Å². The molecule has 0 amide bonds. The minimum Gasteiger partial charge on any atom is -0.370 e. The van der Waals surface area contributed by atoms with E-state index in [2.05, 4.69) is 11.8 Å². The maximum atomic E-state index is 6.54. The second kappa shape index (κ2) is 6.55. The molecule has 2 N–H and O–H groups in total. The van der Waals surface area contributed by atoms with Crippen LogP contribution in [0.3, 0.4) is 0 Å². The van der Waals surface area contributed by atoms with Crippen molar-refractivity contribution in [1.29, 1.82) is 0 Å². The van der Waals surface area contributed by atoms with E-state index in [1.54, 1.807) is 0 Å². The van der Waals surface area contributed by atoms with Crippen LogP contribution >= 0.6 is 0 Å². The Hall–Kier alpha value is -0.120. The minimum atomic E-state index is 0.266. The zero-order valence-electron chi connectivity index (χ0n) is 13.9. The first-order valence-corrected chi connectivity index (χ1v) is 9.35. The second-order valence-corrected chi connectivity index (χ2v) is 7.70. The number of likely N-dealkylation sites (N-methyl/N-ethyl adjacent to an activating group) is 1. The number of hydrogen-bond donors (Lipinski definition) is 1. The number of hydrogen-bond acceptors (Lipinski definition) is 3. The summed E-state index contributed by atoms with van der Waals surface area (Å²) in [6.45, 7) is 5.34. The highest BCUT2D eigenvalue weighted by molar-refractivity contribution is 4.98. The third-order valence-corrected chi connectivity index (χ3v) is 6.49.